The molecule has 2 aliphatic heterocycles. The third-order valence-electron chi connectivity index (χ3n) is 4.26. The Morgan fingerprint density at radius 2 is 2.04 bits per heavy atom. The highest BCUT2D eigenvalue weighted by molar-refractivity contribution is 7.86. The summed E-state index contributed by atoms with van der Waals surface area (Å²) in [7, 11) is -3.55. The maximum Gasteiger partial charge on any atom is 0.282 e. The molecule has 0 radical (unpaired) electrons. The number of nitrogens with zero attached hydrogens (tertiary/aromatic N) is 3. The fraction of sp³-hybridized carbons (Fsp3) is 0.714. The average molecular weight is 358 g/mol. The smallest absolute Gasteiger partial charge is 0.282 e. The fourth-order valence-corrected chi connectivity index (χ4v) is 4.63. The molecule has 0 saturated carbocycles. The van der Waals surface area contributed by atoms with Crippen LogP contribution in [0.4, 0.5) is 5.82 Å². The number of aromatic nitrogens is 1. The molecular weight excluding hydrogens is 336 g/mol. The standard InChI is InChI=1S/C14H22N4O5S/c1-11-9-13(16-23-11)15-14(19)12-3-2-4-18(10-12)24(20,21)17-5-7-22-8-6-17/h9,12H,2-8,10H2,1H3,(H,15,16,19). The molecule has 0 spiro atoms. The molecule has 1 aromatic heterocycles. The Morgan fingerprint density at radius 1 is 1.29 bits per heavy atom. The van der Waals surface area contributed by atoms with Crippen molar-refractivity contribution in [3.05, 3.63) is 11.8 Å². The summed E-state index contributed by atoms with van der Waals surface area (Å²) >= 11 is 0. The van der Waals surface area contributed by atoms with Gasteiger partial charge in [-0.05, 0) is 19.8 Å². The number of hydrogen-bond donors (Lipinski definition) is 1. The van der Waals surface area contributed by atoms with Crippen molar-refractivity contribution < 1.29 is 22.5 Å². The van der Waals surface area contributed by atoms with E-state index in [1.165, 1.54) is 8.61 Å². The first-order valence-electron chi connectivity index (χ1n) is 8.04. The van der Waals surface area contributed by atoms with Gasteiger partial charge in [0.25, 0.3) is 10.2 Å². The molecule has 1 amide bonds. The molecule has 134 valence electrons. The van der Waals surface area contributed by atoms with Crippen LogP contribution in [-0.2, 0) is 19.7 Å². The van der Waals surface area contributed by atoms with E-state index in [9.17, 15) is 13.2 Å². The maximum absolute atomic E-state index is 12.7. The lowest BCUT2D eigenvalue weighted by Crippen LogP contribution is -2.52. The summed E-state index contributed by atoms with van der Waals surface area (Å²) in [4.78, 5) is 12.4. The highest BCUT2D eigenvalue weighted by Crippen LogP contribution is 2.23. The topological polar surface area (TPSA) is 105 Å². The highest BCUT2D eigenvalue weighted by Gasteiger charge is 2.36. The van der Waals surface area contributed by atoms with Gasteiger partial charge in [-0.1, -0.05) is 5.16 Å². The van der Waals surface area contributed by atoms with E-state index < -0.39 is 16.1 Å². The van der Waals surface area contributed by atoms with Gasteiger partial charge >= 0.3 is 0 Å². The number of carbonyl (C=O) groups excluding carboxylic acids is 1. The van der Waals surface area contributed by atoms with E-state index in [-0.39, 0.29) is 12.5 Å². The van der Waals surface area contributed by atoms with Crippen LogP contribution in [0.1, 0.15) is 18.6 Å². The van der Waals surface area contributed by atoms with E-state index in [4.69, 9.17) is 9.26 Å². The van der Waals surface area contributed by atoms with E-state index >= 15 is 0 Å². The van der Waals surface area contributed by atoms with Crippen LogP contribution >= 0.6 is 0 Å². The second-order valence-corrected chi connectivity index (χ2v) is 7.96. The Balaban J connectivity index is 1.64. The molecule has 10 heteroatoms. The van der Waals surface area contributed by atoms with Gasteiger partial charge in [-0.15, -0.1) is 0 Å². The van der Waals surface area contributed by atoms with Crippen molar-refractivity contribution in [3.8, 4) is 0 Å². The van der Waals surface area contributed by atoms with Crippen LogP contribution in [0.25, 0.3) is 0 Å². The number of amides is 1. The van der Waals surface area contributed by atoms with E-state index in [1.807, 2.05) is 0 Å². The molecule has 1 N–H and O–H groups in total. The number of rotatable bonds is 4. The minimum Gasteiger partial charge on any atom is -0.379 e. The second-order valence-electron chi connectivity index (χ2n) is 6.03. The van der Waals surface area contributed by atoms with Crippen molar-refractivity contribution in [3.63, 3.8) is 0 Å². The van der Waals surface area contributed by atoms with Crippen molar-refractivity contribution in [2.75, 3.05) is 44.7 Å². The molecule has 3 rings (SSSR count). The lowest BCUT2D eigenvalue weighted by Gasteiger charge is -2.36. The number of hydrogen-bond acceptors (Lipinski definition) is 6. The zero-order chi connectivity index (χ0) is 17.2. The molecule has 1 aromatic rings. The zero-order valence-electron chi connectivity index (χ0n) is 13.6. The molecule has 0 bridgehead atoms. The first-order valence-corrected chi connectivity index (χ1v) is 9.43. The van der Waals surface area contributed by atoms with Crippen LogP contribution in [0.3, 0.4) is 0 Å². The Labute approximate surface area is 141 Å². The minimum atomic E-state index is -3.55. The number of aryl methyl sites for hydroxylation is 1. The van der Waals surface area contributed by atoms with E-state index in [2.05, 4.69) is 10.5 Å². The molecule has 2 saturated heterocycles. The fourth-order valence-electron chi connectivity index (χ4n) is 2.96. The Kier molecular flexibility index (Phi) is 5.18. The quantitative estimate of drug-likeness (QED) is 0.825. The molecule has 1 unspecified atom stereocenters. The SMILES string of the molecule is Cc1cc(NC(=O)C2CCCN(S(=O)(=O)N3CCOCC3)C2)no1. The second kappa shape index (κ2) is 7.18. The normalized spacial score (nSPS) is 24.0. The summed E-state index contributed by atoms with van der Waals surface area (Å²) in [5.74, 6) is 0.327. The van der Waals surface area contributed by atoms with Gasteiger partial charge in [-0.3, -0.25) is 4.79 Å². The molecule has 24 heavy (non-hydrogen) atoms. The number of ether oxygens (including phenoxy) is 1. The Morgan fingerprint density at radius 3 is 2.71 bits per heavy atom. The van der Waals surface area contributed by atoms with Gasteiger partial charge in [0, 0.05) is 32.2 Å². The molecule has 3 heterocycles. The van der Waals surface area contributed by atoms with Crippen molar-refractivity contribution in [1.82, 2.24) is 13.8 Å². The van der Waals surface area contributed by atoms with Crippen molar-refractivity contribution in [2.45, 2.75) is 19.8 Å². The average Bonchev–Trinajstić information content (AvgIpc) is 3.00. The molecule has 2 fully saturated rings. The van der Waals surface area contributed by atoms with E-state index in [0.717, 1.165) is 0 Å². The minimum absolute atomic E-state index is 0.183. The largest absolute Gasteiger partial charge is 0.379 e. The van der Waals surface area contributed by atoms with Crippen LogP contribution in [0.2, 0.25) is 0 Å². The summed E-state index contributed by atoms with van der Waals surface area (Å²) in [6, 6.07) is 1.63. The number of carbonyl (C=O) groups is 1. The lowest BCUT2D eigenvalue weighted by atomic mass is 9.99. The lowest BCUT2D eigenvalue weighted by molar-refractivity contribution is -0.120. The number of nitrogens with one attached hydrogen (secondary N) is 1. The number of anilines is 1. The molecule has 2 aliphatic rings. The van der Waals surface area contributed by atoms with Gasteiger partial charge in [-0.25, -0.2) is 0 Å². The molecule has 0 aromatic carbocycles. The van der Waals surface area contributed by atoms with Crippen LogP contribution < -0.4 is 5.32 Å². The van der Waals surface area contributed by atoms with E-state index in [1.54, 1.807) is 13.0 Å². The van der Waals surface area contributed by atoms with Gasteiger partial charge in [0.05, 0.1) is 19.1 Å². The summed E-state index contributed by atoms with van der Waals surface area (Å²) < 4.78 is 38.4. The predicted molar refractivity (Wildman–Crippen MR) is 85.5 cm³/mol. The summed E-state index contributed by atoms with van der Waals surface area (Å²) in [5, 5.41) is 6.42. The summed E-state index contributed by atoms with van der Waals surface area (Å²) in [6.45, 7) is 3.88. The van der Waals surface area contributed by atoms with Crippen LogP contribution in [0, 0.1) is 12.8 Å². The molecule has 1 atom stereocenters. The first-order chi connectivity index (χ1) is 11.5. The van der Waals surface area contributed by atoms with Gasteiger partial charge in [-0.2, -0.15) is 17.0 Å². The summed E-state index contributed by atoms with van der Waals surface area (Å²) in [5.41, 5.74) is 0. The van der Waals surface area contributed by atoms with Crippen LogP contribution in [0.15, 0.2) is 10.6 Å². The van der Waals surface area contributed by atoms with Crippen molar-refractivity contribution >= 4 is 21.9 Å². The third kappa shape index (κ3) is 3.77. The van der Waals surface area contributed by atoms with Gasteiger partial charge < -0.3 is 14.6 Å². The summed E-state index contributed by atoms with van der Waals surface area (Å²) in [6.07, 6.45) is 1.30. The zero-order valence-corrected chi connectivity index (χ0v) is 14.4. The van der Waals surface area contributed by atoms with Crippen LogP contribution in [-0.4, -0.2) is 67.5 Å². The van der Waals surface area contributed by atoms with Crippen molar-refractivity contribution in [2.24, 2.45) is 5.92 Å². The van der Waals surface area contributed by atoms with Gasteiger partial charge in [0.2, 0.25) is 5.91 Å². The van der Waals surface area contributed by atoms with Crippen molar-refractivity contribution in [1.29, 1.82) is 0 Å². The monoisotopic (exact) mass is 358 g/mol. The first kappa shape index (κ1) is 17.3. The number of morpholine rings is 1. The number of piperidine rings is 1. The predicted octanol–water partition coefficient (Wildman–Crippen LogP) is 0.211. The maximum atomic E-state index is 12.7. The molecule has 9 nitrogen and oxygen atoms in total. The van der Waals surface area contributed by atoms with Gasteiger partial charge in [0.15, 0.2) is 5.82 Å². The van der Waals surface area contributed by atoms with E-state index in [0.29, 0.717) is 57.3 Å². The highest BCUT2D eigenvalue weighted by atomic mass is 32.2. The molecular formula is C14H22N4O5S. The Bertz CT molecular complexity index is 683. The molecule has 0 aliphatic carbocycles. The van der Waals surface area contributed by atoms with Crippen LogP contribution in [0.5, 0.6) is 0 Å². The Hall–Kier alpha value is -1.49. The van der Waals surface area contributed by atoms with Gasteiger partial charge in [0.1, 0.15) is 5.76 Å². The third-order valence-corrected chi connectivity index (χ3v) is 6.26.